The molecule has 4 heteroatoms. The van der Waals surface area contributed by atoms with E-state index < -0.39 is 0 Å². The van der Waals surface area contributed by atoms with E-state index in [4.69, 9.17) is 11.6 Å². The smallest absolute Gasteiger partial charge is 0.188 e. The van der Waals surface area contributed by atoms with Gasteiger partial charge in [-0.2, -0.15) is 5.10 Å². The van der Waals surface area contributed by atoms with Crippen molar-refractivity contribution in [2.75, 3.05) is 0 Å². The number of halogens is 1. The number of nitrogens with zero attached hydrogens (tertiary/aromatic N) is 2. The predicted octanol–water partition coefficient (Wildman–Crippen LogP) is 2.06. The maximum absolute atomic E-state index is 11.9. The first-order valence-electron chi connectivity index (χ1n) is 4.27. The van der Waals surface area contributed by atoms with Crippen molar-refractivity contribution in [3.8, 4) is 0 Å². The van der Waals surface area contributed by atoms with E-state index in [-0.39, 0.29) is 11.2 Å². The van der Waals surface area contributed by atoms with Gasteiger partial charge in [-0.15, -0.1) is 0 Å². The Labute approximate surface area is 81.7 Å². The highest BCUT2D eigenvalue weighted by atomic mass is 35.5. The Hall–Kier alpha value is -0.830. The van der Waals surface area contributed by atoms with E-state index in [1.54, 1.807) is 11.7 Å². The van der Waals surface area contributed by atoms with Crippen molar-refractivity contribution in [3.05, 3.63) is 16.9 Å². The standard InChI is InChI=1S/C9H11ClN2O/c1-9(3-4-9)8(13)7-6(10)5-11-12(7)2/h5H,3-4H2,1-2H3. The van der Waals surface area contributed by atoms with E-state index in [2.05, 4.69) is 5.10 Å². The van der Waals surface area contributed by atoms with Crippen LogP contribution in [0, 0.1) is 5.41 Å². The predicted molar refractivity (Wildman–Crippen MR) is 49.9 cm³/mol. The van der Waals surface area contributed by atoms with Gasteiger partial charge in [-0.3, -0.25) is 9.48 Å². The van der Waals surface area contributed by atoms with E-state index in [0.29, 0.717) is 10.7 Å². The highest BCUT2D eigenvalue weighted by Gasteiger charge is 2.46. The molecule has 0 amide bonds. The van der Waals surface area contributed by atoms with Crippen LogP contribution < -0.4 is 0 Å². The summed E-state index contributed by atoms with van der Waals surface area (Å²) in [6, 6.07) is 0. The molecule has 0 bridgehead atoms. The van der Waals surface area contributed by atoms with Gasteiger partial charge >= 0.3 is 0 Å². The SMILES string of the molecule is Cn1ncc(Cl)c1C(=O)C1(C)CC1. The summed E-state index contributed by atoms with van der Waals surface area (Å²) in [7, 11) is 1.74. The first-order chi connectivity index (χ1) is 6.04. The Morgan fingerprint density at radius 1 is 1.69 bits per heavy atom. The number of carbonyl (C=O) groups excluding carboxylic acids is 1. The molecule has 1 fully saturated rings. The van der Waals surface area contributed by atoms with Gasteiger partial charge in [0.15, 0.2) is 5.78 Å². The fourth-order valence-corrected chi connectivity index (χ4v) is 1.62. The summed E-state index contributed by atoms with van der Waals surface area (Å²) < 4.78 is 1.55. The number of rotatable bonds is 2. The normalized spacial score (nSPS) is 18.7. The van der Waals surface area contributed by atoms with E-state index in [1.165, 1.54) is 6.20 Å². The number of aromatic nitrogens is 2. The maximum Gasteiger partial charge on any atom is 0.188 e. The van der Waals surface area contributed by atoms with Gasteiger partial charge in [0.1, 0.15) is 5.69 Å². The van der Waals surface area contributed by atoms with Crippen LogP contribution in [0.2, 0.25) is 5.02 Å². The molecule has 3 nitrogen and oxygen atoms in total. The molecule has 1 aromatic heterocycles. The summed E-state index contributed by atoms with van der Waals surface area (Å²) in [6.07, 6.45) is 3.45. The molecule has 1 aliphatic rings. The van der Waals surface area contributed by atoms with E-state index in [9.17, 15) is 4.79 Å². The molecule has 13 heavy (non-hydrogen) atoms. The Bertz CT molecular complexity index is 346. The lowest BCUT2D eigenvalue weighted by atomic mass is 10.0. The number of hydrogen-bond donors (Lipinski definition) is 0. The van der Waals surface area contributed by atoms with Crippen LogP contribution in [0.25, 0.3) is 0 Å². The van der Waals surface area contributed by atoms with Gasteiger partial charge in [-0.05, 0) is 12.8 Å². The number of hydrogen-bond acceptors (Lipinski definition) is 2. The van der Waals surface area contributed by atoms with Crippen molar-refractivity contribution in [2.24, 2.45) is 12.5 Å². The van der Waals surface area contributed by atoms with Gasteiger partial charge in [-0.1, -0.05) is 18.5 Å². The molecular formula is C9H11ClN2O. The van der Waals surface area contributed by atoms with E-state index >= 15 is 0 Å². The van der Waals surface area contributed by atoms with Crippen LogP contribution in [-0.2, 0) is 7.05 Å². The average molecular weight is 199 g/mol. The van der Waals surface area contributed by atoms with Crippen LogP contribution in [0.4, 0.5) is 0 Å². The molecular weight excluding hydrogens is 188 g/mol. The largest absolute Gasteiger partial charge is 0.292 e. The molecule has 0 saturated heterocycles. The van der Waals surface area contributed by atoms with Crippen LogP contribution in [0.1, 0.15) is 30.3 Å². The zero-order chi connectivity index (χ0) is 9.64. The second-order valence-electron chi connectivity index (χ2n) is 3.85. The zero-order valence-electron chi connectivity index (χ0n) is 7.67. The quantitative estimate of drug-likeness (QED) is 0.682. The van der Waals surface area contributed by atoms with Gasteiger partial charge in [0.2, 0.25) is 0 Å². The third kappa shape index (κ3) is 1.27. The van der Waals surface area contributed by atoms with Gasteiger partial charge < -0.3 is 0 Å². The third-order valence-electron chi connectivity index (χ3n) is 2.66. The van der Waals surface area contributed by atoms with E-state index in [0.717, 1.165) is 12.8 Å². The van der Waals surface area contributed by atoms with Crippen LogP contribution in [-0.4, -0.2) is 15.6 Å². The summed E-state index contributed by atoms with van der Waals surface area (Å²) >= 11 is 5.87. The van der Waals surface area contributed by atoms with Crippen LogP contribution in [0.15, 0.2) is 6.20 Å². The first kappa shape index (κ1) is 8.75. The fourth-order valence-electron chi connectivity index (χ4n) is 1.37. The average Bonchev–Trinajstić information content (AvgIpc) is 2.73. The topological polar surface area (TPSA) is 34.9 Å². The van der Waals surface area contributed by atoms with E-state index in [1.807, 2.05) is 6.92 Å². The number of carbonyl (C=O) groups is 1. The number of ketones is 1. The Kier molecular flexibility index (Phi) is 1.74. The Morgan fingerprint density at radius 3 is 2.69 bits per heavy atom. The molecule has 1 aromatic rings. The second kappa shape index (κ2) is 2.58. The van der Waals surface area contributed by atoms with Gasteiger partial charge in [0.05, 0.1) is 11.2 Å². The Balaban J connectivity index is 2.40. The zero-order valence-corrected chi connectivity index (χ0v) is 8.43. The summed E-state index contributed by atoms with van der Waals surface area (Å²) in [4.78, 5) is 11.9. The molecule has 0 N–H and O–H groups in total. The van der Waals surface area contributed by atoms with Crippen molar-refractivity contribution < 1.29 is 4.79 Å². The number of aryl methyl sites for hydroxylation is 1. The Morgan fingerprint density at radius 2 is 2.31 bits per heavy atom. The van der Waals surface area contributed by atoms with Gasteiger partial charge in [-0.25, -0.2) is 0 Å². The molecule has 0 radical (unpaired) electrons. The highest BCUT2D eigenvalue weighted by Crippen LogP contribution is 2.48. The van der Waals surface area contributed by atoms with Crippen molar-refractivity contribution in [1.29, 1.82) is 0 Å². The molecule has 1 heterocycles. The third-order valence-corrected chi connectivity index (χ3v) is 2.93. The lowest BCUT2D eigenvalue weighted by molar-refractivity contribution is 0.0903. The van der Waals surface area contributed by atoms with Crippen molar-refractivity contribution in [3.63, 3.8) is 0 Å². The lowest BCUT2D eigenvalue weighted by Crippen LogP contribution is -2.16. The van der Waals surface area contributed by atoms with Crippen molar-refractivity contribution >= 4 is 17.4 Å². The monoisotopic (exact) mass is 198 g/mol. The summed E-state index contributed by atoms with van der Waals surface area (Å²) in [5.74, 6) is 0.123. The molecule has 2 rings (SSSR count). The minimum Gasteiger partial charge on any atom is -0.292 e. The maximum atomic E-state index is 11.9. The fraction of sp³-hybridized carbons (Fsp3) is 0.556. The van der Waals surface area contributed by atoms with Crippen LogP contribution in [0.5, 0.6) is 0 Å². The molecule has 0 unspecified atom stereocenters. The van der Waals surface area contributed by atoms with Crippen LogP contribution >= 0.6 is 11.6 Å². The summed E-state index contributed by atoms with van der Waals surface area (Å²) in [5.41, 5.74) is 0.374. The van der Waals surface area contributed by atoms with Gasteiger partial charge in [0.25, 0.3) is 0 Å². The lowest BCUT2D eigenvalue weighted by Gasteiger charge is -2.07. The van der Waals surface area contributed by atoms with Gasteiger partial charge in [0, 0.05) is 12.5 Å². The first-order valence-corrected chi connectivity index (χ1v) is 4.65. The summed E-state index contributed by atoms with van der Waals surface area (Å²) in [5, 5.41) is 4.40. The van der Waals surface area contributed by atoms with Crippen molar-refractivity contribution in [1.82, 2.24) is 9.78 Å². The minimum atomic E-state index is -0.169. The molecule has 0 atom stereocenters. The molecule has 1 aliphatic carbocycles. The molecule has 0 aliphatic heterocycles. The second-order valence-corrected chi connectivity index (χ2v) is 4.26. The highest BCUT2D eigenvalue weighted by molar-refractivity contribution is 6.33. The van der Waals surface area contributed by atoms with Crippen LogP contribution in [0.3, 0.4) is 0 Å². The molecule has 0 aromatic carbocycles. The molecule has 70 valence electrons. The van der Waals surface area contributed by atoms with Crippen molar-refractivity contribution in [2.45, 2.75) is 19.8 Å². The molecule has 1 saturated carbocycles. The number of Topliss-reactive ketones (excluding diaryl/α,β-unsaturated/α-hetero) is 1. The minimum absolute atomic E-state index is 0.123. The summed E-state index contributed by atoms with van der Waals surface area (Å²) in [6.45, 7) is 1.97. The molecule has 0 spiro atoms.